The maximum atomic E-state index is 12.8. The van der Waals surface area contributed by atoms with Gasteiger partial charge in [0.05, 0.1) is 22.8 Å². The predicted molar refractivity (Wildman–Crippen MR) is 144 cm³/mol. The van der Waals surface area contributed by atoms with Crippen LogP contribution in [0.2, 0.25) is 0 Å². The summed E-state index contributed by atoms with van der Waals surface area (Å²) in [7, 11) is -1.72. The van der Waals surface area contributed by atoms with Crippen molar-refractivity contribution in [3.63, 3.8) is 0 Å². The Hall–Kier alpha value is -4.61. The van der Waals surface area contributed by atoms with E-state index >= 15 is 0 Å². The molecule has 1 unspecified atom stereocenters. The minimum Gasteiger partial charge on any atom is -0.422 e. The van der Waals surface area contributed by atoms with Gasteiger partial charge in [-0.25, -0.2) is 15.0 Å². The van der Waals surface area contributed by atoms with Gasteiger partial charge < -0.3 is 21.1 Å². The van der Waals surface area contributed by atoms with Gasteiger partial charge in [-0.15, -0.1) is 0 Å². The van der Waals surface area contributed by atoms with Crippen molar-refractivity contribution in [1.29, 1.82) is 0 Å². The third-order valence-corrected chi connectivity index (χ3v) is 6.81. The molecule has 1 atom stereocenters. The molecule has 0 spiro atoms. The number of carbonyl (C=O) groups is 1. The van der Waals surface area contributed by atoms with Crippen molar-refractivity contribution in [2.24, 2.45) is 0 Å². The fourth-order valence-electron chi connectivity index (χ4n) is 4.88. The molecule has 0 bridgehead atoms. The molecular formula is C27H24BN7O3. The molecule has 11 heteroatoms. The van der Waals surface area contributed by atoms with Gasteiger partial charge >= 0.3 is 7.12 Å². The zero-order chi connectivity index (χ0) is 26.4. The second kappa shape index (κ2) is 9.36. The maximum Gasteiger partial charge on any atom is 0.508 e. The monoisotopic (exact) mass is 505 g/mol. The zero-order valence-corrected chi connectivity index (χ0v) is 20.5. The normalized spacial score (nSPS) is 14.4. The Kier molecular flexibility index (Phi) is 5.86. The summed E-state index contributed by atoms with van der Waals surface area (Å²) in [6, 6.07) is 16.3. The first kappa shape index (κ1) is 23.8. The van der Waals surface area contributed by atoms with Crippen molar-refractivity contribution < 1.29 is 14.8 Å². The molecule has 188 valence electrons. The number of pyridine rings is 3. The minimum absolute atomic E-state index is 0.110. The van der Waals surface area contributed by atoms with E-state index in [0.717, 1.165) is 35.3 Å². The lowest BCUT2D eigenvalue weighted by Gasteiger charge is -2.16. The average molecular weight is 505 g/mol. The van der Waals surface area contributed by atoms with E-state index in [2.05, 4.69) is 26.3 Å². The van der Waals surface area contributed by atoms with Crippen molar-refractivity contribution in [1.82, 2.24) is 29.8 Å². The Morgan fingerprint density at radius 3 is 2.74 bits per heavy atom. The maximum absolute atomic E-state index is 12.8. The van der Waals surface area contributed by atoms with Crippen LogP contribution in [0.3, 0.4) is 0 Å². The Labute approximate surface area is 218 Å². The predicted octanol–water partition coefficient (Wildman–Crippen LogP) is 1.87. The number of fused-ring (bicyclic) bond motifs is 2. The van der Waals surface area contributed by atoms with Gasteiger partial charge in [0.25, 0.3) is 5.91 Å². The van der Waals surface area contributed by atoms with E-state index in [4.69, 9.17) is 10.7 Å². The molecule has 38 heavy (non-hydrogen) atoms. The number of nitrogen functional groups attached to an aromatic ring is 1. The standard InChI is InChI=1S/C27H24BN7O3/c1-15-4-5-17(14-31-15)27(36)33-21-9-6-16-13-18(7-8-19(16)21)35-25(20-3-2-12-30-24(20)29)32-22-10-11-23(28(37)38)34-26(22)35/h2-5,7-8,10-14,21,37-38H,6,9H2,1H3,(H2,29,30)(H,33,36). The highest BCUT2D eigenvalue weighted by molar-refractivity contribution is 6.57. The SMILES string of the molecule is Cc1ccc(C(=O)NC2CCc3cc(-n4c(-c5cccnc5N)nc5ccc(B(O)O)nc54)ccc32)cn1. The van der Waals surface area contributed by atoms with Crippen LogP contribution in [0.1, 0.15) is 39.6 Å². The minimum atomic E-state index is -1.72. The van der Waals surface area contributed by atoms with Gasteiger partial charge in [0.2, 0.25) is 0 Å². The Bertz CT molecular complexity index is 1680. The molecule has 5 N–H and O–H groups in total. The molecule has 4 aromatic heterocycles. The van der Waals surface area contributed by atoms with Gasteiger partial charge in [-0.05, 0) is 79.4 Å². The number of nitrogens with two attached hydrogens (primary N) is 1. The van der Waals surface area contributed by atoms with Crippen molar-refractivity contribution >= 4 is 35.6 Å². The lowest BCUT2D eigenvalue weighted by molar-refractivity contribution is 0.0936. The van der Waals surface area contributed by atoms with Crippen molar-refractivity contribution in [2.45, 2.75) is 25.8 Å². The fourth-order valence-corrected chi connectivity index (χ4v) is 4.88. The van der Waals surface area contributed by atoms with E-state index in [0.29, 0.717) is 33.9 Å². The number of hydrogen-bond donors (Lipinski definition) is 4. The number of aromatic nitrogens is 5. The summed E-state index contributed by atoms with van der Waals surface area (Å²) in [5.41, 5.74) is 12.3. The summed E-state index contributed by atoms with van der Waals surface area (Å²) in [4.78, 5) is 30.5. The number of anilines is 1. The highest BCUT2D eigenvalue weighted by Crippen LogP contribution is 2.35. The summed E-state index contributed by atoms with van der Waals surface area (Å²) < 4.78 is 1.85. The van der Waals surface area contributed by atoms with Crippen molar-refractivity contribution in [3.05, 3.63) is 89.4 Å². The topological polar surface area (TPSA) is 152 Å². The second-order valence-corrected chi connectivity index (χ2v) is 9.30. The lowest BCUT2D eigenvalue weighted by Crippen LogP contribution is -2.32. The van der Waals surface area contributed by atoms with Crippen LogP contribution >= 0.6 is 0 Å². The zero-order valence-electron chi connectivity index (χ0n) is 20.5. The van der Waals surface area contributed by atoms with Crippen molar-refractivity contribution in [2.75, 3.05) is 5.73 Å². The van der Waals surface area contributed by atoms with E-state index in [9.17, 15) is 14.8 Å². The van der Waals surface area contributed by atoms with Crippen LogP contribution in [0.25, 0.3) is 28.2 Å². The van der Waals surface area contributed by atoms with Gasteiger partial charge in [-0.3, -0.25) is 14.3 Å². The van der Waals surface area contributed by atoms with Gasteiger partial charge in [0, 0.05) is 23.8 Å². The highest BCUT2D eigenvalue weighted by atomic mass is 16.4. The molecule has 10 nitrogen and oxygen atoms in total. The number of nitrogens with one attached hydrogen (secondary N) is 1. The first-order valence-corrected chi connectivity index (χ1v) is 12.2. The molecule has 1 aliphatic carbocycles. The smallest absolute Gasteiger partial charge is 0.422 e. The Morgan fingerprint density at radius 1 is 1.11 bits per heavy atom. The van der Waals surface area contributed by atoms with Crippen LogP contribution in [0.4, 0.5) is 5.82 Å². The third-order valence-electron chi connectivity index (χ3n) is 6.81. The number of aryl methyl sites for hydroxylation is 2. The number of carbonyl (C=O) groups excluding carboxylic acids is 1. The average Bonchev–Trinajstić information content (AvgIpc) is 3.49. The molecule has 0 radical (unpaired) electrons. The molecule has 6 rings (SSSR count). The highest BCUT2D eigenvalue weighted by Gasteiger charge is 2.27. The molecule has 0 saturated carbocycles. The van der Waals surface area contributed by atoms with Crippen LogP contribution in [-0.4, -0.2) is 47.6 Å². The van der Waals surface area contributed by atoms with Gasteiger partial charge in [-0.2, -0.15) is 0 Å². The fraction of sp³-hybridized carbons (Fsp3) is 0.148. The van der Waals surface area contributed by atoms with Gasteiger partial charge in [0.15, 0.2) is 11.5 Å². The van der Waals surface area contributed by atoms with E-state index < -0.39 is 7.12 Å². The summed E-state index contributed by atoms with van der Waals surface area (Å²) in [5, 5.41) is 22.6. The number of nitrogens with zero attached hydrogens (tertiary/aromatic N) is 5. The summed E-state index contributed by atoms with van der Waals surface area (Å²) >= 11 is 0. The summed E-state index contributed by atoms with van der Waals surface area (Å²) in [5.74, 6) is 0.701. The quantitative estimate of drug-likeness (QED) is 0.264. The van der Waals surface area contributed by atoms with Crippen LogP contribution in [0, 0.1) is 6.92 Å². The van der Waals surface area contributed by atoms with Crippen molar-refractivity contribution in [3.8, 4) is 17.1 Å². The summed E-state index contributed by atoms with van der Waals surface area (Å²) in [6.07, 6.45) is 4.76. The number of hydrogen-bond acceptors (Lipinski definition) is 8. The molecule has 0 aliphatic heterocycles. The molecule has 0 saturated heterocycles. The van der Waals surface area contributed by atoms with Crippen LogP contribution in [0.5, 0.6) is 0 Å². The van der Waals surface area contributed by atoms with Gasteiger partial charge in [-0.1, -0.05) is 6.07 Å². The molecule has 1 amide bonds. The summed E-state index contributed by atoms with van der Waals surface area (Å²) in [6.45, 7) is 1.88. The number of amides is 1. The molecule has 5 aromatic rings. The van der Waals surface area contributed by atoms with Crippen LogP contribution in [0.15, 0.2) is 67.0 Å². The first-order chi connectivity index (χ1) is 18.4. The van der Waals surface area contributed by atoms with Crippen LogP contribution < -0.4 is 16.6 Å². The van der Waals surface area contributed by atoms with E-state index in [-0.39, 0.29) is 17.5 Å². The lowest BCUT2D eigenvalue weighted by atomic mass is 9.86. The molecule has 1 aliphatic rings. The first-order valence-electron chi connectivity index (χ1n) is 12.2. The van der Waals surface area contributed by atoms with E-state index in [1.165, 1.54) is 6.07 Å². The molecular weight excluding hydrogens is 481 g/mol. The Morgan fingerprint density at radius 2 is 1.97 bits per heavy atom. The second-order valence-electron chi connectivity index (χ2n) is 9.30. The van der Waals surface area contributed by atoms with Crippen LogP contribution in [-0.2, 0) is 6.42 Å². The number of benzene rings is 1. The van der Waals surface area contributed by atoms with Gasteiger partial charge in [0.1, 0.15) is 11.3 Å². The molecule has 0 fully saturated rings. The molecule has 1 aromatic carbocycles. The Balaban J connectivity index is 1.41. The van der Waals surface area contributed by atoms with E-state index in [1.807, 2.05) is 35.8 Å². The number of rotatable bonds is 5. The number of imidazole rings is 1. The van der Waals surface area contributed by atoms with E-state index in [1.54, 1.807) is 30.6 Å². The molecule has 4 heterocycles. The largest absolute Gasteiger partial charge is 0.508 e. The third kappa shape index (κ3) is 4.17.